The predicted molar refractivity (Wildman–Crippen MR) is 62.4 cm³/mol. The Morgan fingerprint density at radius 1 is 1.67 bits per heavy atom. The van der Waals surface area contributed by atoms with E-state index in [1.165, 1.54) is 0 Å². The third kappa shape index (κ3) is 3.39. The van der Waals surface area contributed by atoms with E-state index in [2.05, 4.69) is 22.4 Å². The Labute approximate surface area is 93.6 Å². The van der Waals surface area contributed by atoms with Gasteiger partial charge in [0.2, 0.25) is 0 Å². The van der Waals surface area contributed by atoms with Crippen LogP contribution in [0.5, 0.6) is 0 Å². The molecule has 5 nitrogen and oxygen atoms in total. The maximum atomic E-state index is 11.2. The summed E-state index contributed by atoms with van der Waals surface area (Å²) in [4.78, 5) is 11.2. The van der Waals surface area contributed by atoms with Gasteiger partial charge in [-0.25, -0.2) is 9.89 Å². The molecule has 6 heteroatoms. The summed E-state index contributed by atoms with van der Waals surface area (Å²) in [6, 6.07) is 0.498. The fraction of sp³-hybridized carbons (Fsp3) is 0.778. The number of hydrogen-bond donors (Lipinski definition) is 2. The fourth-order valence-electron chi connectivity index (χ4n) is 1.16. The van der Waals surface area contributed by atoms with E-state index in [0.717, 1.165) is 17.3 Å². The molecule has 1 unspecified atom stereocenters. The molecule has 0 aliphatic heterocycles. The Kier molecular flexibility index (Phi) is 4.90. The largest absolute Gasteiger partial charge is 0.343 e. The fourth-order valence-corrected chi connectivity index (χ4v) is 2.30. The summed E-state index contributed by atoms with van der Waals surface area (Å²) in [6.07, 6.45) is 1.06. The van der Waals surface area contributed by atoms with Crippen molar-refractivity contribution in [3.63, 3.8) is 0 Å². The van der Waals surface area contributed by atoms with E-state index >= 15 is 0 Å². The molecule has 1 atom stereocenters. The first-order chi connectivity index (χ1) is 7.19. The van der Waals surface area contributed by atoms with Gasteiger partial charge < -0.3 is 5.32 Å². The van der Waals surface area contributed by atoms with Crippen molar-refractivity contribution in [2.24, 2.45) is 0 Å². The van der Waals surface area contributed by atoms with Crippen LogP contribution in [0.3, 0.4) is 0 Å². The number of nitrogens with zero attached hydrogens (tertiary/aromatic N) is 2. The second-order valence-corrected chi connectivity index (χ2v) is 4.44. The Morgan fingerprint density at radius 2 is 2.40 bits per heavy atom. The van der Waals surface area contributed by atoms with E-state index in [1.807, 2.05) is 14.0 Å². The number of H-pyrrole nitrogens is 1. The number of thioether (sulfide) groups is 1. The van der Waals surface area contributed by atoms with Crippen molar-refractivity contribution in [2.45, 2.75) is 38.0 Å². The average molecular weight is 230 g/mol. The van der Waals surface area contributed by atoms with Crippen LogP contribution < -0.4 is 11.0 Å². The molecule has 0 aliphatic rings. The molecule has 15 heavy (non-hydrogen) atoms. The van der Waals surface area contributed by atoms with Gasteiger partial charge in [0, 0.05) is 18.3 Å². The molecule has 0 amide bonds. The first-order valence-electron chi connectivity index (χ1n) is 5.14. The lowest BCUT2D eigenvalue weighted by molar-refractivity contribution is 0.596. The van der Waals surface area contributed by atoms with E-state index in [9.17, 15) is 4.79 Å². The van der Waals surface area contributed by atoms with E-state index in [-0.39, 0.29) is 5.69 Å². The zero-order valence-corrected chi connectivity index (χ0v) is 10.2. The van der Waals surface area contributed by atoms with Crippen LogP contribution in [-0.4, -0.2) is 33.6 Å². The Morgan fingerprint density at radius 3 is 3.00 bits per heavy atom. The van der Waals surface area contributed by atoms with Gasteiger partial charge in [-0.1, -0.05) is 11.8 Å². The lowest BCUT2D eigenvalue weighted by atomic mass is 10.3. The van der Waals surface area contributed by atoms with E-state index in [1.54, 1.807) is 16.3 Å². The van der Waals surface area contributed by atoms with Crippen molar-refractivity contribution in [1.29, 1.82) is 0 Å². The Balaban J connectivity index is 2.47. The van der Waals surface area contributed by atoms with Gasteiger partial charge in [-0.2, -0.15) is 0 Å². The molecule has 0 bridgehead atoms. The molecule has 1 aromatic heterocycles. The second-order valence-electron chi connectivity index (χ2n) is 3.38. The van der Waals surface area contributed by atoms with Crippen molar-refractivity contribution in [3.05, 3.63) is 10.5 Å². The molecule has 1 rings (SSSR count). The van der Waals surface area contributed by atoms with E-state index in [4.69, 9.17) is 0 Å². The lowest BCUT2D eigenvalue weighted by Crippen LogP contribution is -2.21. The minimum atomic E-state index is -0.123. The van der Waals surface area contributed by atoms with Crippen molar-refractivity contribution in [1.82, 2.24) is 20.1 Å². The summed E-state index contributed by atoms with van der Waals surface area (Å²) in [6.45, 7) is 4.74. The maximum absolute atomic E-state index is 11.2. The van der Waals surface area contributed by atoms with Gasteiger partial charge in [0.25, 0.3) is 0 Å². The average Bonchev–Trinajstić information content (AvgIpc) is 2.59. The number of hydrogen-bond acceptors (Lipinski definition) is 4. The molecule has 0 aromatic carbocycles. The molecule has 0 aliphatic carbocycles. The third-order valence-electron chi connectivity index (χ3n) is 2.31. The number of aromatic nitrogens is 3. The monoisotopic (exact) mass is 230 g/mol. The Hall–Kier alpha value is -0.750. The molecule has 0 fully saturated rings. The van der Waals surface area contributed by atoms with Gasteiger partial charge in [-0.3, -0.25) is 4.57 Å². The standard InChI is InChI=1S/C9H18N4OS/c1-4-13-8(14)11-12-9(13)15-6-5-7(2)10-3/h7,10H,4-6H2,1-3H3,(H,11,14). The van der Waals surface area contributed by atoms with Crippen molar-refractivity contribution >= 4 is 11.8 Å². The van der Waals surface area contributed by atoms with Crippen molar-refractivity contribution < 1.29 is 0 Å². The summed E-state index contributed by atoms with van der Waals surface area (Å²) < 4.78 is 1.65. The highest BCUT2D eigenvalue weighted by Crippen LogP contribution is 2.14. The zero-order chi connectivity index (χ0) is 11.3. The molecular formula is C9H18N4OS. The molecule has 0 spiro atoms. The van der Waals surface area contributed by atoms with Gasteiger partial charge in [0.1, 0.15) is 0 Å². The van der Waals surface area contributed by atoms with Crippen LogP contribution in [0.25, 0.3) is 0 Å². The molecule has 1 aromatic rings. The molecule has 1 heterocycles. The van der Waals surface area contributed by atoms with Gasteiger partial charge in [0.05, 0.1) is 0 Å². The molecular weight excluding hydrogens is 212 g/mol. The molecule has 0 saturated heterocycles. The van der Waals surface area contributed by atoms with Crippen LogP contribution >= 0.6 is 11.8 Å². The van der Waals surface area contributed by atoms with Crippen LogP contribution in [0, 0.1) is 0 Å². The summed E-state index contributed by atoms with van der Waals surface area (Å²) in [7, 11) is 1.95. The lowest BCUT2D eigenvalue weighted by Gasteiger charge is -2.08. The summed E-state index contributed by atoms with van der Waals surface area (Å²) >= 11 is 1.62. The predicted octanol–water partition coefficient (Wildman–Crippen LogP) is 0.681. The normalized spacial score (nSPS) is 13.0. The maximum Gasteiger partial charge on any atom is 0.343 e. The smallest absolute Gasteiger partial charge is 0.317 e. The van der Waals surface area contributed by atoms with Crippen LogP contribution in [0.4, 0.5) is 0 Å². The number of aromatic amines is 1. The molecule has 86 valence electrons. The molecule has 2 N–H and O–H groups in total. The van der Waals surface area contributed by atoms with E-state index in [0.29, 0.717) is 12.6 Å². The summed E-state index contributed by atoms with van der Waals surface area (Å²) in [5, 5.41) is 10.4. The minimum absolute atomic E-state index is 0.123. The molecule has 0 radical (unpaired) electrons. The highest BCUT2D eigenvalue weighted by atomic mass is 32.2. The Bertz CT molecular complexity index is 346. The van der Waals surface area contributed by atoms with Crippen LogP contribution in [-0.2, 0) is 6.54 Å². The summed E-state index contributed by atoms with van der Waals surface area (Å²) in [5.41, 5.74) is -0.123. The van der Waals surface area contributed by atoms with Gasteiger partial charge in [-0.05, 0) is 27.3 Å². The quantitative estimate of drug-likeness (QED) is 0.706. The van der Waals surface area contributed by atoms with E-state index < -0.39 is 0 Å². The number of nitrogens with one attached hydrogen (secondary N) is 2. The van der Waals surface area contributed by atoms with Crippen LogP contribution in [0.1, 0.15) is 20.3 Å². The van der Waals surface area contributed by atoms with Crippen LogP contribution in [0.15, 0.2) is 9.95 Å². The minimum Gasteiger partial charge on any atom is -0.317 e. The topological polar surface area (TPSA) is 62.7 Å². The zero-order valence-electron chi connectivity index (χ0n) is 9.41. The van der Waals surface area contributed by atoms with Crippen molar-refractivity contribution in [3.8, 4) is 0 Å². The third-order valence-corrected chi connectivity index (χ3v) is 3.32. The second kappa shape index (κ2) is 5.97. The van der Waals surface area contributed by atoms with Gasteiger partial charge >= 0.3 is 5.69 Å². The van der Waals surface area contributed by atoms with Gasteiger partial charge in [-0.15, -0.1) is 5.10 Å². The highest BCUT2D eigenvalue weighted by molar-refractivity contribution is 7.99. The van der Waals surface area contributed by atoms with Crippen LogP contribution in [0.2, 0.25) is 0 Å². The number of rotatable bonds is 6. The highest BCUT2D eigenvalue weighted by Gasteiger charge is 2.07. The SMILES string of the molecule is CCn1c(SCCC(C)NC)n[nH]c1=O. The molecule has 0 saturated carbocycles. The first-order valence-corrected chi connectivity index (χ1v) is 6.12. The summed E-state index contributed by atoms with van der Waals surface area (Å²) in [5.74, 6) is 0.965. The van der Waals surface area contributed by atoms with Crippen molar-refractivity contribution in [2.75, 3.05) is 12.8 Å². The van der Waals surface area contributed by atoms with Gasteiger partial charge in [0.15, 0.2) is 5.16 Å². The first kappa shape index (κ1) is 12.3.